The first-order chi connectivity index (χ1) is 6.13. The largest absolute Gasteiger partial charge is 0.302 e. The number of rotatable bonds is 3. The molecule has 0 aliphatic rings. The highest BCUT2D eigenvalue weighted by atomic mass is 79.9. The van der Waals surface area contributed by atoms with Crippen LogP contribution in [0.5, 0.6) is 0 Å². The fraction of sp³-hybridized carbons (Fsp3) is 0.222. The molecule has 0 saturated carbocycles. The summed E-state index contributed by atoms with van der Waals surface area (Å²) in [6.07, 6.45) is 1.07. The van der Waals surface area contributed by atoms with Gasteiger partial charge in [-0.05, 0) is 24.1 Å². The minimum Gasteiger partial charge on any atom is -0.302 e. The van der Waals surface area contributed by atoms with E-state index in [4.69, 9.17) is 11.6 Å². The average Bonchev–Trinajstić information content (AvgIpc) is 2.09. The molecule has 0 aliphatic heterocycles. The highest BCUT2D eigenvalue weighted by Crippen LogP contribution is 2.20. The van der Waals surface area contributed by atoms with Crippen LogP contribution in [0.25, 0.3) is 0 Å². The zero-order chi connectivity index (χ0) is 9.84. The molecule has 0 N–H and O–H groups in total. The summed E-state index contributed by atoms with van der Waals surface area (Å²) in [5.74, 6) is -0.312. The van der Waals surface area contributed by atoms with E-state index in [1.807, 2.05) is 0 Å². The van der Waals surface area contributed by atoms with Gasteiger partial charge in [-0.15, -0.1) is 11.6 Å². The van der Waals surface area contributed by atoms with Crippen molar-refractivity contribution in [2.24, 2.45) is 0 Å². The van der Waals surface area contributed by atoms with Crippen molar-refractivity contribution in [1.82, 2.24) is 0 Å². The van der Waals surface area contributed by atoms with Gasteiger partial charge in [0.2, 0.25) is 0 Å². The van der Waals surface area contributed by atoms with Crippen molar-refractivity contribution in [2.45, 2.75) is 11.8 Å². The van der Waals surface area contributed by atoms with Gasteiger partial charge in [-0.3, -0.25) is 0 Å². The lowest BCUT2D eigenvalue weighted by atomic mass is 10.1. The monoisotopic (exact) mass is 264 g/mol. The second-order valence-electron chi connectivity index (χ2n) is 2.59. The first-order valence-electron chi connectivity index (χ1n) is 3.67. The SMILES string of the molecule is O=CC(Cl)Cc1ccc(F)cc1Br. The van der Waals surface area contributed by atoms with E-state index in [-0.39, 0.29) is 5.82 Å². The highest BCUT2D eigenvalue weighted by Gasteiger charge is 2.07. The van der Waals surface area contributed by atoms with Crippen molar-refractivity contribution in [2.75, 3.05) is 0 Å². The molecule has 0 aromatic heterocycles. The Bertz CT molecular complexity index is 316. The molecule has 1 aromatic carbocycles. The summed E-state index contributed by atoms with van der Waals surface area (Å²) in [5.41, 5.74) is 0.827. The lowest BCUT2D eigenvalue weighted by molar-refractivity contribution is -0.107. The van der Waals surface area contributed by atoms with E-state index >= 15 is 0 Å². The van der Waals surface area contributed by atoms with E-state index in [0.29, 0.717) is 17.2 Å². The van der Waals surface area contributed by atoms with E-state index in [0.717, 1.165) is 5.56 Å². The number of aldehydes is 1. The number of hydrogen-bond donors (Lipinski definition) is 0. The molecule has 0 spiro atoms. The number of alkyl halides is 1. The Morgan fingerprint density at radius 1 is 1.62 bits per heavy atom. The van der Waals surface area contributed by atoms with Crippen molar-refractivity contribution in [3.8, 4) is 0 Å². The summed E-state index contributed by atoms with van der Waals surface area (Å²) in [4.78, 5) is 10.3. The predicted molar refractivity (Wildman–Crippen MR) is 53.5 cm³/mol. The Kier molecular flexibility index (Phi) is 3.88. The third kappa shape index (κ3) is 3.08. The van der Waals surface area contributed by atoms with Crippen LogP contribution in [0.15, 0.2) is 22.7 Å². The van der Waals surface area contributed by atoms with Gasteiger partial charge in [0.15, 0.2) is 0 Å². The summed E-state index contributed by atoms with van der Waals surface area (Å²) in [6.45, 7) is 0. The standard InChI is InChI=1S/C9H7BrClFO/c10-9-4-8(12)2-1-6(9)3-7(11)5-13/h1-2,4-5,7H,3H2. The van der Waals surface area contributed by atoms with Gasteiger partial charge in [-0.2, -0.15) is 0 Å². The maximum Gasteiger partial charge on any atom is 0.138 e. The molecule has 1 unspecified atom stereocenters. The maximum absolute atomic E-state index is 12.6. The van der Waals surface area contributed by atoms with Gasteiger partial charge in [-0.25, -0.2) is 4.39 Å². The zero-order valence-corrected chi connectivity index (χ0v) is 8.98. The molecule has 13 heavy (non-hydrogen) atoms. The van der Waals surface area contributed by atoms with E-state index in [1.54, 1.807) is 6.07 Å². The van der Waals surface area contributed by atoms with Crippen molar-refractivity contribution in [3.63, 3.8) is 0 Å². The van der Waals surface area contributed by atoms with E-state index in [2.05, 4.69) is 15.9 Å². The molecule has 0 fully saturated rings. The Morgan fingerprint density at radius 3 is 2.85 bits per heavy atom. The molecule has 0 aliphatic carbocycles. The van der Waals surface area contributed by atoms with Crippen molar-refractivity contribution in [3.05, 3.63) is 34.1 Å². The summed E-state index contributed by atoms with van der Waals surface area (Å²) in [6, 6.07) is 4.30. The molecule has 1 aromatic rings. The quantitative estimate of drug-likeness (QED) is 0.607. The minimum atomic E-state index is -0.554. The zero-order valence-electron chi connectivity index (χ0n) is 6.64. The van der Waals surface area contributed by atoms with Crippen LogP contribution in [0.3, 0.4) is 0 Å². The fourth-order valence-electron chi connectivity index (χ4n) is 0.945. The normalized spacial score (nSPS) is 12.5. The molecule has 1 rings (SSSR count). The van der Waals surface area contributed by atoms with Crippen LogP contribution in [-0.2, 0) is 11.2 Å². The molecule has 1 nitrogen and oxygen atoms in total. The van der Waals surface area contributed by atoms with Crippen LogP contribution in [0.4, 0.5) is 4.39 Å². The molecular formula is C9H7BrClFO. The minimum absolute atomic E-state index is 0.312. The number of carbonyl (C=O) groups excluding carboxylic acids is 1. The van der Waals surface area contributed by atoms with Gasteiger partial charge >= 0.3 is 0 Å². The molecule has 4 heteroatoms. The molecule has 0 radical (unpaired) electrons. The average molecular weight is 266 g/mol. The second kappa shape index (κ2) is 4.72. The molecular weight excluding hydrogens is 258 g/mol. The Balaban J connectivity index is 2.83. The van der Waals surface area contributed by atoms with Crippen LogP contribution < -0.4 is 0 Å². The van der Waals surface area contributed by atoms with Gasteiger partial charge in [-0.1, -0.05) is 22.0 Å². The Hall–Kier alpha value is -0.410. The van der Waals surface area contributed by atoms with Crippen LogP contribution in [0, 0.1) is 5.82 Å². The second-order valence-corrected chi connectivity index (χ2v) is 4.01. The molecule has 0 heterocycles. The van der Waals surface area contributed by atoms with Crippen LogP contribution in [-0.4, -0.2) is 11.7 Å². The van der Waals surface area contributed by atoms with E-state index in [1.165, 1.54) is 12.1 Å². The number of hydrogen-bond acceptors (Lipinski definition) is 1. The van der Waals surface area contributed by atoms with Gasteiger partial charge in [0.05, 0.1) is 5.38 Å². The van der Waals surface area contributed by atoms with Crippen molar-refractivity contribution < 1.29 is 9.18 Å². The van der Waals surface area contributed by atoms with Crippen molar-refractivity contribution >= 4 is 33.8 Å². The summed E-state index contributed by atoms with van der Waals surface area (Å²) >= 11 is 8.82. The maximum atomic E-state index is 12.6. The molecule has 0 saturated heterocycles. The van der Waals surface area contributed by atoms with Gasteiger partial charge in [0, 0.05) is 4.47 Å². The van der Waals surface area contributed by atoms with Crippen LogP contribution >= 0.6 is 27.5 Å². The number of benzene rings is 1. The Morgan fingerprint density at radius 2 is 2.31 bits per heavy atom. The molecule has 0 bridgehead atoms. The lowest BCUT2D eigenvalue weighted by Crippen LogP contribution is -2.04. The highest BCUT2D eigenvalue weighted by molar-refractivity contribution is 9.10. The topological polar surface area (TPSA) is 17.1 Å². The van der Waals surface area contributed by atoms with E-state index < -0.39 is 5.38 Å². The lowest BCUT2D eigenvalue weighted by Gasteiger charge is -2.04. The summed E-state index contributed by atoms with van der Waals surface area (Å²) < 4.78 is 13.3. The smallest absolute Gasteiger partial charge is 0.138 e. The first-order valence-corrected chi connectivity index (χ1v) is 4.89. The van der Waals surface area contributed by atoms with Gasteiger partial charge < -0.3 is 4.79 Å². The molecule has 70 valence electrons. The molecule has 1 atom stereocenters. The van der Waals surface area contributed by atoms with Crippen LogP contribution in [0.2, 0.25) is 0 Å². The Labute approximate surface area is 89.0 Å². The summed E-state index contributed by atoms with van der Waals surface area (Å²) in [5, 5.41) is -0.554. The van der Waals surface area contributed by atoms with Gasteiger partial charge in [0.25, 0.3) is 0 Å². The predicted octanol–water partition coefficient (Wildman–Crippen LogP) is 2.94. The van der Waals surface area contributed by atoms with E-state index in [9.17, 15) is 9.18 Å². The van der Waals surface area contributed by atoms with Crippen molar-refractivity contribution in [1.29, 1.82) is 0 Å². The summed E-state index contributed by atoms with van der Waals surface area (Å²) in [7, 11) is 0. The fourth-order valence-corrected chi connectivity index (χ4v) is 1.62. The number of carbonyl (C=O) groups is 1. The molecule has 0 amide bonds. The number of halogens is 3. The third-order valence-corrected chi connectivity index (χ3v) is 2.57. The van der Waals surface area contributed by atoms with Crippen LogP contribution in [0.1, 0.15) is 5.56 Å². The first kappa shape index (κ1) is 10.7. The third-order valence-electron chi connectivity index (χ3n) is 1.58. The van der Waals surface area contributed by atoms with Gasteiger partial charge in [0.1, 0.15) is 12.1 Å².